The molecule has 9 heteroatoms. The van der Waals surface area contributed by atoms with Crippen LogP contribution in [0.5, 0.6) is 6.01 Å². The van der Waals surface area contributed by atoms with E-state index in [0.717, 1.165) is 12.3 Å². The molecule has 0 aliphatic carbocycles. The van der Waals surface area contributed by atoms with Gasteiger partial charge in [0.1, 0.15) is 0 Å². The van der Waals surface area contributed by atoms with E-state index >= 15 is 0 Å². The Kier molecular flexibility index (Phi) is 5.80. The van der Waals surface area contributed by atoms with E-state index in [4.69, 9.17) is 10.6 Å². The van der Waals surface area contributed by atoms with Crippen LogP contribution >= 0.6 is 23.5 Å². The highest BCUT2D eigenvalue weighted by molar-refractivity contribution is 8.06. The topological polar surface area (TPSA) is 98.0 Å². The van der Waals surface area contributed by atoms with Gasteiger partial charge in [-0.05, 0) is 6.92 Å². The molecule has 1 atom stereocenters. The van der Waals surface area contributed by atoms with E-state index in [1.165, 1.54) is 11.5 Å². The Balaban J connectivity index is 1.95. The number of rotatable bonds is 6. The SMILES string of the molecule is CCOc1nc(NN)nc(NCC2CSCCS2)n1. The average Bonchev–Trinajstić information content (AvgIpc) is 2.46. The lowest BCUT2D eigenvalue weighted by molar-refractivity contribution is 0.312. The summed E-state index contributed by atoms with van der Waals surface area (Å²) in [5, 5.41) is 3.80. The van der Waals surface area contributed by atoms with Gasteiger partial charge in [0.05, 0.1) is 6.61 Å². The van der Waals surface area contributed by atoms with Crippen molar-refractivity contribution in [2.45, 2.75) is 12.2 Å². The summed E-state index contributed by atoms with van der Waals surface area (Å²) in [7, 11) is 0. The Morgan fingerprint density at radius 3 is 2.84 bits per heavy atom. The molecule has 1 unspecified atom stereocenters. The first-order valence-electron chi connectivity index (χ1n) is 6.10. The monoisotopic (exact) mass is 302 g/mol. The van der Waals surface area contributed by atoms with Crippen LogP contribution in [0.15, 0.2) is 0 Å². The van der Waals surface area contributed by atoms with Crippen molar-refractivity contribution in [2.75, 3.05) is 41.2 Å². The zero-order valence-corrected chi connectivity index (χ0v) is 12.4. The third-order valence-electron chi connectivity index (χ3n) is 2.39. The van der Waals surface area contributed by atoms with Crippen LogP contribution in [0.2, 0.25) is 0 Å². The van der Waals surface area contributed by atoms with Gasteiger partial charge in [-0.3, -0.25) is 5.43 Å². The Morgan fingerprint density at radius 1 is 1.32 bits per heavy atom. The van der Waals surface area contributed by atoms with Gasteiger partial charge in [-0.25, -0.2) is 5.84 Å². The third kappa shape index (κ3) is 4.59. The van der Waals surface area contributed by atoms with Crippen molar-refractivity contribution in [3.05, 3.63) is 0 Å². The molecule has 4 N–H and O–H groups in total. The number of anilines is 2. The van der Waals surface area contributed by atoms with Crippen molar-refractivity contribution in [2.24, 2.45) is 5.84 Å². The fourth-order valence-electron chi connectivity index (χ4n) is 1.55. The summed E-state index contributed by atoms with van der Waals surface area (Å²) in [5.41, 5.74) is 2.41. The number of hydrogen-bond acceptors (Lipinski definition) is 9. The fraction of sp³-hybridized carbons (Fsp3) is 0.700. The van der Waals surface area contributed by atoms with E-state index in [0.29, 0.717) is 23.8 Å². The molecule has 1 aromatic rings. The maximum absolute atomic E-state index is 5.33. The van der Waals surface area contributed by atoms with Crippen LogP contribution in [0, 0.1) is 0 Å². The highest BCUT2D eigenvalue weighted by Gasteiger charge is 2.15. The van der Waals surface area contributed by atoms with E-state index in [1.807, 2.05) is 30.4 Å². The van der Waals surface area contributed by atoms with Crippen molar-refractivity contribution in [3.8, 4) is 6.01 Å². The predicted molar refractivity (Wildman–Crippen MR) is 80.9 cm³/mol. The smallest absolute Gasteiger partial charge is 0.323 e. The number of aromatic nitrogens is 3. The van der Waals surface area contributed by atoms with Crippen LogP contribution in [-0.2, 0) is 0 Å². The standard InChI is InChI=1S/C10H18N6OS2/c1-2-17-10-14-8(13-9(15-10)16-11)12-5-7-6-18-3-4-19-7/h7H,2-6,11H2,1H3,(H2,12,13,14,15,16). The van der Waals surface area contributed by atoms with Crippen LogP contribution in [0.3, 0.4) is 0 Å². The average molecular weight is 302 g/mol. The van der Waals surface area contributed by atoms with Gasteiger partial charge in [0.2, 0.25) is 11.9 Å². The second-order valence-electron chi connectivity index (χ2n) is 3.79. The quantitative estimate of drug-likeness (QED) is 0.521. The number of thioether (sulfide) groups is 2. The Morgan fingerprint density at radius 2 is 2.16 bits per heavy atom. The summed E-state index contributed by atoms with van der Waals surface area (Å²) in [6.07, 6.45) is 0. The lowest BCUT2D eigenvalue weighted by Gasteiger charge is -2.21. The zero-order valence-electron chi connectivity index (χ0n) is 10.8. The van der Waals surface area contributed by atoms with Gasteiger partial charge in [-0.2, -0.15) is 38.5 Å². The second kappa shape index (κ2) is 7.61. The molecule has 1 aliphatic rings. The second-order valence-corrected chi connectivity index (χ2v) is 6.35. The number of nitrogens with two attached hydrogens (primary N) is 1. The normalized spacial score (nSPS) is 18.9. The maximum Gasteiger partial charge on any atom is 0.323 e. The first-order valence-corrected chi connectivity index (χ1v) is 8.31. The fourth-order valence-corrected chi connectivity index (χ4v) is 4.17. The molecule has 0 bridgehead atoms. The number of nitrogen functional groups attached to an aromatic ring is 1. The molecule has 7 nitrogen and oxygen atoms in total. The van der Waals surface area contributed by atoms with Gasteiger partial charge in [0.25, 0.3) is 0 Å². The van der Waals surface area contributed by atoms with Crippen LogP contribution < -0.4 is 21.3 Å². The number of hydrogen-bond donors (Lipinski definition) is 3. The molecule has 0 saturated carbocycles. The molecule has 0 spiro atoms. The molecular weight excluding hydrogens is 284 g/mol. The minimum absolute atomic E-state index is 0.277. The van der Waals surface area contributed by atoms with Gasteiger partial charge in [-0.1, -0.05) is 0 Å². The van der Waals surface area contributed by atoms with Crippen molar-refractivity contribution < 1.29 is 4.74 Å². The summed E-state index contributed by atoms with van der Waals surface area (Å²) in [6, 6.07) is 0.277. The lowest BCUT2D eigenvalue weighted by atomic mass is 10.5. The highest BCUT2D eigenvalue weighted by atomic mass is 32.2. The molecule has 19 heavy (non-hydrogen) atoms. The number of hydrazine groups is 1. The zero-order chi connectivity index (χ0) is 13.5. The molecule has 106 valence electrons. The van der Waals surface area contributed by atoms with Crippen molar-refractivity contribution >= 4 is 35.4 Å². The van der Waals surface area contributed by atoms with Gasteiger partial charge in [0.15, 0.2) is 0 Å². The molecule has 1 saturated heterocycles. The Bertz CT molecular complexity index is 402. The maximum atomic E-state index is 5.33. The minimum atomic E-state index is 0.277. The van der Waals surface area contributed by atoms with E-state index < -0.39 is 0 Å². The van der Waals surface area contributed by atoms with Gasteiger partial charge in [-0.15, -0.1) is 0 Å². The Labute approximate surface area is 120 Å². The summed E-state index contributed by atoms with van der Waals surface area (Å²) in [4.78, 5) is 12.3. The molecular formula is C10H18N6OS2. The van der Waals surface area contributed by atoms with Crippen LogP contribution in [-0.4, -0.2) is 50.6 Å². The van der Waals surface area contributed by atoms with Crippen molar-refractivity contribution in [1.29, 1.82) is 0 Å². The molecule has 2 heterocycles. The molecule has 1 aromatic heterocycles. The number of ether oxygens (including phenoxy) is 1. The van der Waals surface area contributed by atoms with Gasteiger partial charge in [0, 0.05) is 29.1 Å². The molecule has 0 radical (unpaired) electrons. The van der Waals surface area contributed by atoms with E-state index in [1.54, 1.807) is 0 Å². The van der Waals surface area contributed by atoms with Crippen LogP contribution in [0.1, 0.15) is 6.92 Å². The van der Waals surface area contributed by atoms with E-state index in [9.17, 15) is 0 Å². The Hall–Kier alpha value is -0.930. The summed E-state index contributed by atoms with van der Waals surface area (Å²) in [5.74, 6) is 9.71. The van der Waals surface area contributed by atoms with Gasteiger partial charge < -0.3 is 10.1 Å². The minimum Gasteiger partial charge on any atom is -0.464 e. The molecule has 1 aliphatic heterocycles. The predicted octanol–water partition coefficient (Wildman–Crippen LogP) is 0.816. The first kappa shape index (κ1) is 14.5. The summed E-state index contributed by atoms with van der Waals surface area (Å²) in [6.45, 7) is 3.21. The largest absolute Gasteiger partial charge is 0.464 e. The van der Waals surface area contributed by atoms with Crippen LogP contribution in [0.25, 0.3) is 0 Å². The van der Waals surface area contributed by atoms with E-state index in [2.05, 4.69) is 25.7 Å². The number of nitrogens with zero attached hydrogens (tertiary/aromatic N) is 3. The summed E-state index contributed by atoms with van der Waals surface area (Å²) >= 11 is 3.97. The number of nitrogens with one attached hydrogen (secondary N) is 2. The van der Waals surface area contributed by atoms with Crippen molar-refractivity contribution in [3.63, 3.8) is 0 Å². The first-order chi connectivity index (χ1) is 9.31. The van der Waals surface area contributed by atoms with Gasteiger partial charge >= 0.3 is 6.01 Å². The molecule has 2 rings (SSSR count). The molecule has 0 amide bonds. The lowest BCUT2D eigenvalue weighted by Crippen LogP contribution is -2.24. The van der Waals surface area contributed by atoms with Crippen LogP contribution in [0.4, 0.5) is 11.9 Å². The van der Waals surface area contributed by atoms with Crippen molar-refractivity contribution in [1.82, 2.24) is 15.0 Å². The van der Waals surface area contributed by atoms with E-state index in [-0.39, 0.29) is 6.01 Å². The third-order valence-corrected chi connectivity index (χ3v) is 5.24. The molecule has 1 fully saturated rings. The summed E-state index contributed by atoms with van der Waals surface area (Å²) < 4.78 is 5.27. The highest BCUT2D eigenvalue weighted by Crippen LogP contribution is 2.24. The molecule has 0 aromatic carbocycles.